The average Bonchev–Trinajstić information content (AvgIpc) is 2.84. The topological polar surface area (TPSA) is 0 Å². The smallest absolute Gasteiger partial charge is 0.00559 e. The third-order valence-corrected chi connectivity index (χ3v) is 7.46. The SMILES string of the molecule is C=CC1C=CC(C2CCC(/C=C/c3ccc(-c4ccc(CCC)cc4)cc3)CC2)CC1. The van der Waals surface area contributed by atoms with Gasteiger partial charge in [-0.05, 0) is 90.9 Å². The van der Waals surface area contributed by atoms with Gasteiger partial charge in [0.2, 0.25) is 0 Å². The van der Waals surface area contributed by atoms with E-state index < -0.39 is 0 Å². The van der Waals surface area contributed by atoms with Gasteiger partial charge < -0.3 is 0 Å². The fraction of sp³-hybridized carbons (Fsp3) is 0.419. The van der Waals surface area contributed by atoms with Crippen LogP contribution < -0.4 is 0 Å². The maximum atomic E-state index is 3.95. The molecule has 0 amide bonds. The van der Waals surface area contributed by atoms with Gasteiger partial charge in [-0.1, -0.05) is 92.3 Å². The van der Waals surface area contributed by atoms with Crippen molar-refractivity contribution < 1.29 is 0 Å². The standard InChI is InChI=1S/C31H38/c1-3-5-25-10-18-29(19-11-25)31-22-14-27(15-23-31)7-6-26-12-20-30(21-13-26)28-16-8-24(4-2)9-17-28/h4,6-8,10-11,14-16,18-19,22-24,26,28,30H,2-3,5,9,12-13,17,20-21H2,1H3/b7-6+. The normalized spacial score (nSPS) is 26.2. The monoisotopic (exact) mass is 410 g/mol. The second-order valence-electron chi connectivity index (χ2n) is 9.63. The van der Waals surface area contributed by atoms with Crippen molar-refractivity contribution in [1.82, 2.24) is 0 Å². The molecule has 2 aliphatic carbocycles. The van der Waals surface area contributed by atoms with Crippen molar-refractivity contribution in [2.24, 2.45) is 23.7 Å². The van der Waals surface area contributed by atoms with Gasteiger partial charge in [0.25, 0.3) is 0 Å². The molecule has 4 rings (SSSR count). The lowest BCUT2D eigenvalue weighted by Crippen LogP contribution is -2.22. The molecule has 0 nitrogen and oxygen atoms in total. The molecule has 2 aromatic carbocycles. The summed E-state index contributed by atoms with van der Waals surface area (Å²) in [4.78, 5) is 0. The molecule has 0 aliphatic heterocycles. The molecule has 0 N–H and O–H groups in total. The van der Waals surface area contributed by atoms with Gasteiger partial charge in [-0.25, -0.2) is 0 Å². The van der Waals surface area contributed by atoms with Crippen LogP contribution in [0.2, 0.25) is 0 Å². The van der Waals surface area contributed by atoms with Gasteiger partial charge in [0.1, 0.15) is 0 Å². The summed E-state index contributed by atoms with van der Waals surface area (Å²) in [5.74, 6) is 3.07. The molecule has 1 fully saturated rings. The van der Waals surface area contributed by atoms with Crippen LogP contribution in [0.4, 0.5) is 0 Å². The molecule has 2 unspecified atom stereocenters. The molecule has 2 aliphatic rings. The van der Waals surface area contributed by atoms with Crippen LogP contribution in [-0.4, -0.2) is 0 Å². The largest absolute Gasteiger partial charge is 0.102 e. The second-order valence-corrected chi connectivity index (χ2v) is 9.63. The molecule has 0 saturated heterocycles. The van der Waals surface area contributed by atoms with Crippen LogP contribution in [-0.2, 0) is 6.42 Å². The molecule has 2 aromatic rings. The fourth-order valence-electron chi connectivity index (χ4n) is 5.40. The Morgan fingerprint density at radius 1 is 0.806 bits per heavy atom. The Balaban J connectivity index is 1.28. The Kier molecular flexibility index (Phi) is 7.62. The molecule has 0 heteroatoms. The first-order chi connectivity index (χ1) is 15.2. The highest BCUT2D eigenvalue weighted by Crippen LogP contribution is 2.39. The van der Waals surface area contributed by atoms with E-state index in [1.165, 1.54) is 73.6 Å². The van der Waals surface area contributed by atoms with Crippen LogP contribution in [0.3, 0.4) is 0 Å². The molecule has 0 bridgehead atoms. The summed E-state index contributed by atoms with van der Waals surface area (Å²) < 4.78 is 0. The molecule has 162 valence electrons. The Bertz CT molecular complexity index is 873. The van der Waals surface area contributed by atoms with Gasteiger partial charge in [-0.3, -0.25) is 0 Å². The van der Waals surface area contributed by atoms with Crippen LogP contribution in [0.25, 0.3) is 17.2 Å². The van der Waals surface area contributed by atoms with E-state index in [0.717, 1.165) is 17.8 Å². The minimum atomic E-state index is 0.613. The van der Waals surface area contributed by atoms with E-state index >= 15 is 0 Å². The first kappa shape index (κ1) is 21.9. The van der Waals surface area contributed by atoms with Crippen molar-refractivity contribution in [3.8, 4) is 11.1 Å². The van der Waals surface area contributed by atoms with Crippen molar-refractivity contribution in [2.45, 2.75) is 58.3 Å². The highest BCUT2D eigenvalue weighted by atomic mass is 14.3. The first-order valence-electron chi connectivity index (χ1n) is 12.4. The highest BCUT2D eigenvalue weighted by molar-refractivity contribution is 5.66. The Morgan fingerprint density at radius 2 is 1.48 bits per heavy atom. The zero-order chi connectivity index (χ0) is 21.5. The number of aryl methyl sites for hydroxylation is 1. The van der Waals surface area contributed by atoms with E-state index in [4.69, 9.17) is 0 Å². The van der Waals surface area contributed by atoms with E-state index in [1.807, 2.05) is 0 Å². The lowest BCUT2D eigenvalue weighted by Gasteiger charge is -2.34. The van der Waals surface area contributed by atoms with Gasteiger partial charge in [-0.15, -0.1) is 6.58 Å². The summed E-state index contributed by atoms with van der Waals surface area (Å²) in [7, 11) is 0. The van der Waals surface area contributed by atoms with Gasteiger partial charge in [-0.2, -0.15) is 0 Å². The molecule has 31 heavy (non-hydrogen) atoms. The molecular weight excluding hydrogens is 372 g/mol. The molecule has 0 radical (unpaired) electrons. The van der Waals surface area contributed by atoms with Crippen molar-refractivity contribution in [3.05, 3.63) is 90.5 Å². The number of allylic oxidation sites excluding steroid dienone is 4. The fourth-order valence-corrected chi connectivity index (χ4v) is 5.40. The van der Waals surface area contributed by atoms with Crippen molar-refractivity contribution >= 4 is 6.08 Å². The van der Waals surface area contributed by atoms with Gasteiger partial charge >= 0.3 is 0 Å². The van der Waals surface area contributed by atoms with Crippen LogP contribution >= 0.6 is 0 Å². The van der Waals surface area contributed by atoms with Crippen molar-refractivity contribution in [1.29, 1.82) is 0 Å². The van der Waals surface area contributed by atoms with E-state index in [1.54, 1.807) is 0 Å². The Labute approximate surface area is 189 Å². The zero-order valence-electron chi connectivity index (χ0n) is 19.2. The number of benzene rings is 2. The maximum Gasteiger partial charge on any atom is -0.00559 e. The Morgan fingerprint density at radius 3 is 2.06 bits per heavy atom. The molecule has 0 spiro atoms. The Hall–Kier alpha value is -2.34. The van der Waals surface area contributed by atoms with E-state index in [2.05, 4.69) is 92.4 Å². The summed E-state index contributed by atoms with van der Waals surface area (Å²) in [6.07, 6.45) is 22.3. The van der Waals surface area contributed by atoms with Crippen LogP contribution in [0.15, 0.2) is 79.4 Å². The molecule has 0 aromatic heterocycles. The first-order valence-corrected chi connectivity index (χ1v) is 12.4. The quantitative estimate of drug-likeness (QED) is 0.400. The average molecular weight is 411 g/mol. The predicted molar refractivity (Wildman–Crippen MR) is 136 cm³/mol. The minimum Gasteiger partial charge on any atom is -0.102 e. The molecule has 0 heterocycles. The van der Waals surface area contributed by atoms with Crippen molar-refractivity contribution in [2.75, 3.05) is 0 Å². The lowest BCUT2D eigenvalue weighted by molar-refractivity contribution is 0.236. The summed E-state index contributed by atoms with van der Waals surface area (Å²) in [6.45, 7) is 6.18. The number of hydrogen-bond donors (Lipinski definition) is 0. The summed E-state index contributed by atoms with van der Waals surface area (Å²) in [6, 6.07) is 18.1. The summed E-state index contributed by atoms with van der Waals surface area (Å²) in [5, 5.41) is 0. The highest BCUT2D eigenvalue weighted by Gasteiger charge is 2.27. The zero-order valence-corrected chi connectivity index (χ0v) is 19.2. The minimum absolute atomic E-state index is 0.613. The van der Waals surface area contributed by atoms with Crippen LogP contribution in [0, 0.1) is 23.7 Å². The third kappa shape index (κ3) is 5.88. The van der Waals surface area contributed by atoms with Crippen LogP contribution in [0.5, 0.6) is 0 Å². The molecule has 1 saturated carbocycles. The lowest BCUT2D eigenvalue weighted by atomic mass is 9.72. The van der Waals surface area contributed by atoms with Gasteiger partial charge in [0, 0.05) is 0 Å². The van der Waals surface area contributed by atoms with Crippen molar-refractivity contribution in [3.63, 3.8) is 0 Å². The van der Waals surface area contributed by atoms with Gasteiger partial charge in [0.05, 0.1) is 0 Å². The third-order valence-electron chi connectivity index (χ3n) is 7.46. The predicted octanol–water partition coefficient (Wildman–Crippen LogP) is 8.89. The van der Waals surface area contributed by atoms with E-state index in [9.17, 15) is 0 Å². The summed E-state index contributed by atoms with van der Waals surface area (Å²) >= 11 is 0. The number of hydrogen-bond acceptors (Lipinski definition) is 0. The molecule has 2 atom stereocenters. The second kappa shape index (κ2) is 10.8. The van der Waals surface area contributed by atoms with Crippen LogP contribution in [0.1, 0.15) is 63.0 Å². The summed E-state index contributed by atoms with van der Waals surface area (Å²) in [5.41, 5.74) is 5.37. The molecular formula is C31H38. The number of rotatable bonds is 7. The van der Waals surface area contributed by atoms with E-state index in [0.29, 0.717) is 5.92 Å². The van der Waals surface area contributed by atoms with E-state index in [-0.39, 0.29) is 0 Å². The maximum absolute atomic E-state index is 3.95. The van der Waals surface area contributed by atoms with Gasteiger partial charge in [0.15, 0.2) is 0 Å².